The number of carbonyl (C=O) groups is 1. The molecule has 0 saturated carbocycles. The van der Waals surface area contributed by atoms with Crippen molar-refractivity contribution in [1.29, 1.82) is 0 Å². The predicted molar refractivity (Wildman–Crippen MR) is 93.3 cm³/mol. The minimum Gasteiger partial charge on any atom is -0.494 e. The first-order chi connectivity index (χ1) is 11.4. The van der Waals surface area contributed by atoms with Crippen molar-refractivity contribution in [2.75, 3.05) is 11.9 Å². The summed E-state index contributed by atoms with van der Waals surface area (Å²) in [5.74, 6) is 0.258. The summed E-state index contributed by atoms with van der Waals surface area (Å²) in [5.41, 5.74) is 0.269. The van der Waals surface area contributed by atoms with E-state index in [4.69, 9.17) is 27.9 Å². The molecule has 0 aliphatic heterocycles. The molecule has 1 amide bonds. The molecular weight excluding hydrogens is 355 g/mol. The van der Waals surface area contributed by atoms with Gasteiger partial charge in [0.15, 0.2) is 0 Å². The molecule has 0 aliphatic carbocycles. The van der Waals surface area contributed by atoms with E-state index >= 15 is 0 Å². The van der Waals surface area contributed by atoms with Crippen LogP contribution in [0.15, 0.2) is 36.4 Å². The number of anilines is 1. The molecule has 0 heterocycles. The van der Waals surface area contributed by atoms with Gasteiger partial charge in [-0.25, -0.2) is 0 Å². The van der Waals surface area contributed by atoms with Crippen LogP contribution < -0.4 is 10.1 Å². The molecule has 0 unspecified atom stereocenters. The summed E-state index contributed by atoms with van der Waals surface area (Å²) in [6.45, 7) is 2.60. The van der Waals surface area contributed by atoms with Gasteiger partial charge in [0, 0.05) is 11.6 Å². The van der Waals surface area contributed by atoms with Crippen molar-refractivity contribution in [3.05, 3.63) is 62.1 Å². The number of carbonyl (C=O) groups excluding carboxylic acids is 1. The smallest absolute Gasteiger partial charge is 0.289 e. The molecule has 0 saturated heterocycles. The number of hydrogen-bond acceptors (Lipinski definition) is 4. The average Bonchev–Trinajstić information content (AvgIpc) is 2.56. The second-order valence-corrected chi connectivity index (χ2v) is 5.68. The van der Waals surface area contributed by atoms with Crippen LogP contribution in [-0.2, 0) is 0 Å². The van der Waals surface area contributed by atoms with Crippen LogP contribution >= 0.6 is 23.2 Å². The van der Waals surface area contributed by atoms with E-state index in [2.05, 4.69) is 5.32 Å². The van der Waals surface area contributed by atoms with Crippen LogP contribution in [0.25, 0.3) is 0 Å². The number of nitro groups is 1. The zero-order chi connectivity index (χ0) is 17.7. The Labute approximate surface area is 148 Å². The maximum Gasteiger partial charge on any atom is 0.289 e. The van der Waals surface area contributed by atoms with Gasteiger partial charge in [-0.2, -0.15) is 0 Å². The van der Waals surface area contributed by atoms with Gasteiger partial charge < -0.3 is 10.1 Å². The van der Waals surface area contributed by atoms with E-state index in [1.54, 1.807) is 24.3 Å². The highest BCUT2D eigenvalue weighted by Crippen LogP contribution is 2.34. The largest absolute Gasteiger partial charge is 0.494 e. The summed E-state index contributed by atoms with van der Waals surface area (Å²) in [6.07, 6.45) is 0.891. The van der Waals surface area contributed by atoms with Crippen LogP contribution in [0.2, 0.25) is 10.0 Å². The SMILES string of the molecule is CCCOc1ccc(C(=O)Nc2cc(Cl)c([N+](=O)[O-])cc2Cl)cc1. The number of nitro benzene ring substituents is 1. The normalized spacial score (nSPS) is 10.3. The quantitative estimate of drug-likeness (QED) is 0.577. The topological polar surface area (TPSA) is 81.5 Å². The van der Waals surface area contributed by atoms with Crippen LogP contribution in [0.4, 0.5) is 11.4 Å². The molecule has 24 heavy (non-hydrogen) atoms. The zero-order valence-corrected chi connectivity index (χ0v) is 14.2. The first kappa shape index (κ1) is 18.0. The highest BCUT2D eigenvalue weighted by Gasteiger charge is 2.17. The number of nitrogens with one attached hydrogen (secondary N) is 1. The molecule has 0 aromatic heterocycles. The third kappa shape index (κ3) is 4.37. The standard InChI is InChI=1S/C16H14Cl2N2O4/c1-2-7-24-11-5-3-10(4-6-11)16(21)19-14-8-13(18)15(20(22)23)9-12(14)17/h3-6,8-9H,2,7H2,1H3,(H,19,21). The van der Waals surface area contributed by atoms with Crippen LogP contribution in [0, 0.1) is 10.1 Å². The number of halogens is 2. The summed E-state index contributed by atoms with van der Waals surface area (Å²) < 4.78 is 5.44. The maximum absolute atomic E-state index is 12.2. The Morgan fingerprint density at radius 1 is 1.21 bits per heavy atom. The lowest BCUT2D eigenvalue weighted by molar-refractivity contribution is -0.384. The van der Waals surface area contributed by atoms with Gasteiger partial charge in [0.05, 0.1) is 22.2 Å². The summed E-state index contributed by atoms with van der Waals surface area (Å²) in [4.78, 5) is 22.4. The molecule has 0 spiro atoms. The number of benzene rings is 2. The van der Waals surface area contributed by atoms with Gasteiger partial charge in [0.2, 0.25) is 0 Å². The fourth-order valence-corrected chi connectivity index (χ4v) is 2.33. The first-order valence-corrected chi connectivity index (χ1v) is 7.85. The Bertz CT molecular complexity index is 763. The Morgan fingerprint density at radius 2 is 1.88 bits per heavy atom. The van der Waals surface area contributed by atoms with E-state index in [0.717, 1.165) is 12.5 Å². The highest BCUT2D eigenvalue weighted by atomic mass is 35.5. The van der Waals surface area contributed by atoms with Gasteiger partial charge in [-0.1, -0.05) is 30.1 Å². The van der Waals surface area contributed by atoms with Crippen molar-refractivity contribution in [2.24, 2.45) is 0 Å². The molecule has 0 bridgehead atoms. The Morgan fingerprint density at radius 3 is 2.46 bits per heavy atom. The Hall–Kier alpha value is -2.31. The molecule has 0 radical (unpaired) electrons. The van der Waals surface area contributed by atoms with Crippen molar-refractivity contribution in [1.82, 2.24) is 0 Å². The number of nitrogens with zero attached hydrogens (tertiary/aromatic N) is 1. The molecule has 126 valence electrons. The van der Waals surface area contributed by atoms with Crippen LogP contribution in [-0.4, -0.2) is 17.4 Å². The van der Waals surface area contributed by atoms with Gasteiger partial charge in [-0.15, -0.1) is 0 Å². The second-order valence-electron chi connectivity index (χ2n) is 4.87. The Balaban J connectivity index is 2.14. The van der Waals surface area contributed by atoms with Crippen molar-refractivity contribution in [2.45, 2.75) is 13.3 Å². The average molecular weight is 369 g/mol. The molecule has 6 nitrogen and oxygen atoms in total. The summed E-state index contributed by atoms with van der Waals surface area (Å²) >= 11 is 11.8. The van der Waals surface area contributed by atoms with Crippen molar-refractivity contribution in [3.63, 3.8) is 0 Å². The summed E-state index contributed by atoms with van der Waals surface area (Å²) in [7, 11) is 0. The molecule has 2 aromatic carbocycles. The summed E-state index contributed by atoms with van der Waals surface area (Å²) in [6, 6.07) is 8.95. The van der Waals surface area contributed by atoms with Crippen molar-refractivity contribution in [3.8, 4) is 5.75 Å². The predicted octanol–water partition coefficient (Wildman–Crippen LogP) is 4.94. The molecule has 2 rings (SSSR count). The lowest BCUT2D eigenvalue weighted by Gasteiger charge is -2.09. The fraction of sp³-hybridized carbons (Fsp3) is 0.188. The molecule has 0 aliphatic rings. The molecule has 8 heteroatoms. The number of hydrogen-bond donors (Lipinski definition) is 1. The molecule has 2 aromatic rings. The van der Waals surface area contributed by atoms with E-state index in [1.165, 1.54) is 6.07 Å². The zero-order valence-electron chi connectivity index (χ0n) is 12.7. The molecular formula is C16H14Cl2N2O4. The van der Waals surface area contributed by atoms with Crippen LogP contribution in [0.3, 0.4) is 0 Å². The van der Waals surface area contributed by atoms with Crippen molar-refractivity contribution >= 4 is 40.5 Å². The van der Waals surface area contributed by atoms with Gasteiger partial charge in [0.25, 0.3) is 11.6 Å². The van der Waals surface area contributed by atoms with E-state index in [0.29, 0.717) is 17.9 Å². The molecule has 0 atom stereocenters. The van der Waals surface area contributed by atoms with Crippen molar-refractivity contribution < 1.29 is 14.5 Å². The highest BCUT2D eigenvalue weighted by molar-refractivity contribution is 6.37. The van der Waals surface area contributed by atoms with Gasteiger partial charge in [0.1, 0.15) is 10.8 Å². The second kappa shape index (κ2) is 7.99. The number of amides is 1. The number of ether oxygens (including phenoxy) is 1. The van der Waals surface area contributed by atoms with E-state index < -0.39 is 10.8 Å². The fourth-order valence-electron chi connectivity index (χ4n) is 1.89. The van der Waals surface area contributed by atoms with Crippen LogP contribution in [0.1, 0.15) is 23.7 Å². The molecule has 0 fully saturated rings. The lowest BCUT2D eigenvalue weighted by Crippen LogP contribution is -2.12. The Kier molecular flexibility index (Phi) is 6.00. The van der Waals surface area contributed by atoms with Crippen LogP contribution in [0.5, 0.6) is 5.75 Å². The molecule has 1 N–H and O–H groups in total. The third-order valence-electron chi connectivity index (χ3n) is 3.07. The third-order valence-corrected chi connectivity index (χ3v) is 3.69. The minimum absolute atomic E-state index is 0.0300. The number of rotatable bonds is 6. The van der Waals surface area contributed by atoms with E-state index in [-0.39, 0.29) is 21.4 Å². The first-order valence-electron chi connectivity index (χ1n) is 7.10. The van der Waals surface area contributed by atoms with Gasteiger partial charge in [-0.3, -0.25) is 14.9 Å². The monoisotopic (exact) mass is 368 g/mol. The minimum atomic E-state index is -0.644. The van der Waals surface area contributed by atoms with E-state index in [1.807, 2.05) is 6.92 Å². The van der Waals surface area contributed by atoms with E-state index in [9.17, 15) is 14.9 Å². The summed E-state index contributed by atoms with van der Waals surface area (Å²) in [5, 5.41) is 13.3. The maximum atomic E-state index is 12.2. The lowest BCUT2D eigenvalue weighted by atomic mass is 10.2. The van der Waals surface area contributed by atoms with Gasteiger partial charge >= 0.3 is 0 Å². The van der Waals surface area contributed by atoms with Gasteiger partial charge in [-0.05, 0) is 36.8 Å².